The van der Waals surface area contributed by atoms with Crippen LogP contribution in [-0.2, 0) is 19.5 Å². The first-order valence-corrected chi connectivity index (χ1v) is 15.6. The number of nitrogens with one attached hydrogen (secondary N) is 1. The highest BCUT2D eigenvalue weighted by atomic mass is 35.5. The first-order valence-electron chi connectivity index (χ1n) is 14.9. The van der Waals surface area contributed by atoms with Crippen LogP contribution in [0.15, 0.2) is 72.9 Å². The van der Waals surface area contributed by atoms with Gasteiger partial charge in [0.25, 0.3) is 5.91 Å². The monoisotopic (exact) mass is 606 g/mol. The summed E-state index contributed by atoms with van der Waals surface area (Å²) >= 11 is 12.2. The summed E-state index contributed by atoms with van der Waals surface area (Å²) in [5.41, 5.74) is 3.91. The molecular weight excluding hydrogens is 567 g/mol. The van der Waals surface area contributed by atoms with Crippen molar-refractivity contribution in [1.29, 1.82) is 0 Å². The molecule has 8 heteroatoms. The van der Waals surface area contributed by atoms with E-state index in [0.717, 1.165) is 80.9 Å². The molecule has 2 heterocycles. The quantitative estimate of drug-likeness (QED) is 0.190. The molecule has 0 bridgehead atoms. The van der Waals surface area contributed by atoms with E-state index in [1.54, 1.807) is 12.1 Å². The summed E-state index contributed by atoms with van der Waals surface area (Å²) in [6, 6.07) is 22.1. The highest BCUT2D eigenvalue weighted by Crippen LogP contribution is 2.31. The summed E-state index contributed by atoms with van der Waals surface area (Å²) in [6.45, 7) is 11.7. The fraction of sp³-hybridized carbons (Fsp3) is 0.382. The van der Waals surface area contributed by atoms with Crippen LogP contribution in [0.5, 0.6) is 5.75 Å². The van der Waals surface area contributed by atoms with Crippen LogP contribution in [0.4, 0.5) is 0 Å². The number of amides is 1. The van der Waals surface area contributed by atoms with Crippen LogP contribution in [0.3, 0.4) is 0 Å². The predicted molar refractivity (Wildman–Crippen MR) is 173 cm³/mol. The van der Waals surface area contributed by atoms with Gasteiger partial charge in [-0.05, 0) is 62.6 Å². The van der Waals surface area contributed by atoms with E-state index in [1.165, 1.54) is 5.56 Å². The van der Waals surface area contributed by atoms with E-state index in [-0.39, 0.29) is 12.0 Å². The third-order valence-electron chi connectivity index (χ3n) is 7.80. The molecule has 0 saturated carbocycles. The van der Waals surface area contributed by atoms with Gasteiger partial charge in [-0.2, -0.15) is 0 Å². The number of hydrogen-bond acceptors (Lipinski definition) is 4. The summed E-state index contributed by atoms with van der Waals surface area (Å²) in [7, 11) is 0. The van der Waals surface area contributed by atoms with Crippen LogP contribution in [-0.4, -0.2) is 65.6 Å². The minimum atomic E-state index is -0.127. The molecule has 0 unspecified atom stereocenters. The van der Waals surface area contributed by atoms with Gasteiger partial charge < -0.3 is 24.4 Å². The number of piperazine rings is 1. The molecular formula is C34H40Cl2N4O2. The Balaban J connectivity index is 1.21. The van der Waals surface area contributed by atoms with E-state index >= 15 is 0 Å². The average Bonchev–Trinajstić information content (AvgIpc) is 3.37. The van der Waals surface area contributed by atoms with Crippen molar-refractivity contribution in [3.63, 3.8) is 0 Å². The van der Waals surface area contributed by atoms with Crippen molar-refractivity contribution in [3.8, 4) is 5.75 Å². The zero-order chi connectivity index (χ0) is 29.5. The van der Waals surface area contributed by atoms with Gasteiger partial charge in [-0.25, -0.2) is 0 Å². The lowest BCUT2D eigenvalue weighted by Crippen LogP contribution is -2.47. The number of carbonyl (C=O) groups is 1. The lowest BCUT2D eigenvalue weighted by Gasteiger charge is -2.34. The molecule has 4 aromatic rings. The Hall–Kier alpha value is -3.03. The minimum Gasteiger partial charge on any atom is -0.489 e. The van der Waals surface area contributed by atoms with Crippen molar-refractivity contribution >= 4 is 40.0 Å². The van der Waals surface area contributed by atoms with Gasteiger partial charge in [0.05, 0.1) is 27.2 Å². The maximum absolute atomic E-state index is 13.4. The van der Waals surface area contributed by atoms with Gasteiger partial charge in [-0.15, -0.1) is 0 Å². The van der Waals surface area contributed by atoms with Crippen molar-refractivity contribution in [2.75, 3.05) is 39.3 Å². The second kappa shape index (κ2) is 14.4. The Morgan fingerprint density at radius 1 is 0.857 bits per heavy atom. The molecule has 42 heavy (non-hydrogen) atoms. The van der Waals surface area contributed by atoms with E-state index in [1.807, 2.05) is 44.3 Å². The molecule has 1 amide bonds. The van der Waals surface area contributed by atoms with Crippen molar-refractivity contribution in [3.05, 3.63) is 99.7 Å². The van der Waals surface area contributed by atoms with Crippen LogP contribution < -0.4 is 10.1 Å². The second-order valence-corrected chi connectivity index (χ2v) is 12.1. The normalized spacial score (nSPS) is 14.5. The molecule has 1 saturated heterocycles. The Bertz CT molecular complexity index is 1480. The number of fused-ring (bicyclic) bond motifs is 1. The fourth-order valence-electron chi connectivity index (χ4n) is 5.59. The average molecular weight is 608 g/mol. The number of aryl methyl sites for hydroxylation is 1. The summed E-state index contributed by atoms with van der Waals surface area (Å²) in [5.74, 6) is 0.677. The molecule has 5 rings (SSSR count). The first-order chi connectivity index (χ1) is 20.4. The molecule has 0 atom stereocenters. The van der Waals surface area contributed by atoms with Crippen LogP contribution in [0.2, 0.25) is 10.0 Å². The highest BCUT2D eigenvalue weighted by molar-refractivity contribution is 6.42. The number of para-hydroxylation sites is 1. The minimum absolute atomic E-state index is 0.0315. The van der Waals surface area contributed by atoms with Gasteiger partial charge >= 0.3 is 0 Å². The van der Waals surface area contributed by atoms with E-state index in [2.05, 4.69) is 50.0 Å². The Morgan fingerprint density at radius 2 is 1.60 bits per heavy atom. The van der Waals surface area contributed by atoms with E-state index in [9.17, 15) is 4.79 Å². The number of hydrogen-bond donors (Lipinski definition) is 1. The number of aromatic nitrogens is 1. The SMILES string of the molecule is CC(C)Oc1cccc2c(C(=O)NCc3ccc(Cl)c(Cl)c3)cn(CCCN3CCN(CCc4ccccc4)CC3)c12. The molecule has 1 aliphatic heterocycles. The lowest BCUT2D eigenvalue weighted by molar-refractivity contribution is 0.0952. The van der Waals surface area contributed by atoms with Gasteiger partial charge in [-0.1, -0.05) is 71.7 Å². The Kier molecular flexibility index (Phi) is 10.5. The molecule has 0 aliphatic carbocycles. The maximum atomic E-state index is 13.4. The highest BCUT2D eigenvalue weighted by Gasteiger charge is 2.20. The van der Waals surface area contributed by atoms with Crippen molar-refractivity contribution < 1.29 is 9.53 Å². The fourth-order valence-corrected chi connectivity index (χ4v) is 5.91. The number of ether oxygens (including phenoxy) is 1. The standard InChI is InChI=1S/C34H40Cl2N4O2/c1-25(2)42-32-11-6-10-28-29(34(41)37-23-27-12-13-30(35)31(36)22-27)24-40(33(28)32)16-7-15-38-18-20-39(21-19-38)17-14-26-8-4-3-5-9-26/h3-6,8-13,22,24-25H,7,14-21,23H2,1-2H3,(H,37,41). The number of halogens is 2. The molecule has 6 nitrogen and oxygen atoms in total. The molecule has 0 spiro atoms. The van der Waals surface area contributed by atoms with Crippen LogP contribution in [0.1, 0.15) is 41.8 Å². The maximum Gasteiger partial charge on any atom is 0.253 e. The number of rotatable bonds is 12. The summed E-state index contributed by atoms with van der Waals surface area (Å²) < 4.78 is 8.37. The largest absolute Gasteiger partial charge is 0.489 e. The molecule has 1 aromatic heterocycles. The number of nitrogens with zero attached hydrogens (tertiary/aromatic N) is 3. The van der Waals surface area contributed by atoms with Crippen molar-refractivity contribution in [2.45, 2.75) is 45.9 Å². The molecule has 1 aliphatic rings. The molecule has 222 valence electrons. The van der Waals surface area contributed by atoms with Gasteiger partial charge in [0.15, 0.2) is 0 Å². The summed E-state index contributed by atoms with van der Waals surface area (Å²) in [6.07, 6.45) is 4.10. The van der Waals surface area contributed by atoms with Crippen molar-refractivity contribution in [2.24, 2.45) is 0 Å². The van der Waals surface area contributed by atoms with E-state index in [0.29, 0.717) is 22.2 Å². The third-order valence-corrected chi connectivity index (χ3v) is 8.54. The molecule has 0 radical (unpaired) electrons. The van der Waals surface area contributed by atoms with Gasteiger partial charge in [-0.3, -0.25) is 4.79 Å². The Labute approximate surface area is 259 Å². The zero-order valence-electron chi connectivity index (χ0n) is 24.5. The van der Waals surface area contributed by atoms with Crippen LogP contribution >= 0.6 is 23.2 Å². The molecule has 3 aromatic carbocycles. The van der Waals surface area contributed by atoms with Crippen molar-refractivity contribution in [1.82, 2.24) is 19.7 Å². The van der Waals surface area contributed by atoms with Gasteiger partial charge in [0.2, 0.25) is 0 Å². The van der Waals surface area contributed by atoms with E-state index in [4.69, 9.17) is 27.9 Å². The van der Waals surface area contributed by atoms with E-state index < -0.39 is 0 Å². The van der Waals surface area contributed by atoms with Crippen LogP contribution in [0, 0.1) is 0 Å². The lowest BCUT2D eigenvalue weighted by atomic mass is 10.1. The summed E-state index contributed by atoms with van der Waals surface area (Å²) in [5, 5.41) is 4.92. The molecule has 1 N–H and O–H groups in total. The second-order valence-electron chi connectivity index (χ2n) is 11.3. The predicted octanol–water partition coefficient (Wildman–Crippen LogP) is 6.92. The zero-order valence-corrected chi connectivity index (χ0v) is 26.0. The van der Waals surface area contributed by atoms with Gasteiger partial charge in [0.1, 0.15) is 5.75 Å². The van der Waals surface area contributed by atoms with Crippen LogP contribution in [0.25, 0.3) is 10.9 Å². The number of carbonyl (C=O) groups excluding carboxylic acids is 1. The van der Waals surface area contributed by atoms with Gasteiger partial charge in [0, 0.05) is 57.4 Å². The Morgan fingerprint density at radius 3 is 2.31 bits per heavy atom. The topological polar surface area (TPSA) is 49.7 Å². The smallest absolute Gasteiger partial charge is 0.253 e. The number of benzene rings is 3. The third kappa shape index (κ3) is 7.87. The summed E-state index contributed by atoms with van der Waals surface area (Å²) in [4.78, 5) is 18.5. The first kappa shape index (κ1) is 30.4. The molecule has 1 fully saturated rings.